The molecular formula is C18H15Br2NO4. The highest BCUT2D eigenvalue weighted by Gasteiger charge is 2.19. The summed E-state index contributed by atoms with van der Waals surface area (Å²) in [7, 11) is 0. The van der Waals surface area contributed by atoms with Crippen LogP contribution in [-0.2, 0) is 16.0 Å². The number of carbonyl (C=O) groups excluding carboxylic acids is 2. The van der Waals surface area contributed by atoms with Crippen LogP contribution in [-0.4, -0.2) is 28.8 Å². The van der Waals surface area contributed by atoms with Gasteiger partial charge in [0.15, 0.2) is 5.78 Å². The summed E-state index contributed by atoms with van der Waals surface area (Å²) < 4.78 is 1.50. The number of hydrogen-bond donors (Lipinski definition) is 2. The lowest BCUT2D eigenvalue weighted by Gasteiger charge is -2.13. The van der Waals surface area contributed by atoms with Gasteiger partial charge in [-0.15, -0.1) is 0 Å². The third-order valence-electron chi connectivity index (χ3n) is 3.50. The number of hydrogen-bond acceptors (Lipinski definition) is 3. The lowest BCUT2D eigenvalue weighted by Crippen LogP contribution is -2.41. The quantitative estimate of drug-likeness (QED) is 0.634. The van der Waals surface area contributed by atoms with E-state index < -0.39 is 17.9 Å². The SMILES string of the molecule is CC(=O)N[C@@H](Cc1ccc(C(=O)c2cc(Br)ccc2Br)cc1)C(=O)O. The highest BCUT2D eigenvalue weighted by Crippen LogP contribution is 2.24. The molecule has 2 aromatic rings. The minimum absolute atomic E-state index is 0.142. The first-order valence-corrected chi connectivity index (χ1v) is 8.95. The third-order valence-corrected chi connectivity index (χ3v) is 4.69. The summed E-state index contributed by atoms with van der Waals surface area (Å²) in [6.45, 7) is 1.27. The van der Waals surface area contributed by atoms with Gasteiger partial charge in [-0.3, -0.25) is 9.59 Å². The summed E-state index contributed by atoms with van der Waals surface area (Å²) in [5.74, 6) is -1.65. The van der Waals surface area contributed by atoms with Gasteiger partial charge in [0, 0.05) is 33.4 Å². The van der Waals surface area contributed by atoms with Crippen LogP contribution >= 0.6 is 31.9 Å². The molecule has 0 aliphatic rings. The van der Waals surface area contributed by atoms with Crippen LogP contribution in [0, 0.1) is 0 Å². The maximum absolute atomic E-state index is 12.6. The van der Waals surface area contributed by atoms with Crippen LogP contribution in [0.4, 0.5) is 0 Å². The first-order valence-electron chi connectivity index (χ1n) is 7.36. The number of rotatable bonds is 6. The predicted octanol–water partition coefficient (Wildman–Crippen LogP) is 3.57. The van der Waals surface area contributed by atoms with Gasteiger partial charge in [-0.05, 0) is 23.8 Å². The van der Waals surface area contributed by atoms with E-state index in [0.717, 1.165) is 4.47 Å². The van der Waals surface area contributed by atoms with Crippen LogP contribution < -0.4 is 5.32 Å². The van der Waals surface area contributed by atoms with E-state index in [-0.39, 0.29) is 12.2 Å². The molecular weight excluding hydrogens is 454 g/mol. The Kier molecular flexibility index (Phi) is 6.50. The summed E-state index contributed by atoms with van der Waals surface area (Å²) in [4.78, 5) is 34.9. The van der Waals surface area contributed by atoms with E-state index in [1.807, 2.05) is 6.07 Å². The number of halogens is 2. The van der Waals surface area contributed by atoms with E-state index in [4.69, 9.17) is 5.11 Å². The zero-order valence-electron chi connectivity index (χ0n) is 13.3. The lowest BCUT2D eigenvalue weighted by molar-refractivity contribution is -0.141. The molecule has 1 amide bonds. The van der Waals surface area contributed by atoms with E-state index in [1.54, 1.807) is 36.4 Å². The fourth-order valence-corrected chi connectivity index (χ4v) is 3.09. The second-order valence-electron chi connectivity index (χ2n) is 5.45. The summed E-state index contributed by atoms with van der Waals surface area (Å²) in [5, 5.41) is 11.5. The molecule has 130 valence electrons. The summed E-state index contributed by atoms with van der Waals surface area (Å²) in [6.07, 6.45) is 0.143. The summed E-state index contributed by atoms with van der Waals surface area (Å²) >= 11 is 6.71. The lowest BCUT2D eigenvalue weighted by atomic mass is 9.99. The molecule has 1 atom stereocenters. The summed E-state index contributed by atoms with van der Waals surface area (Å²) in [5.41, 5.74) is 1.74. The van der Waals surface area contributed by atoms with E-state index >= 15 is 0 Å². The predicted molar refractivity (Wildman–Crippen MR) is 101 cm³/mol. The van der Waals surface area contributed by atoms with Crippen molar-refractivity contribution < 1.29 is 19.5 Å². The van der Waals surface area contributed by atoms with Crippen LogP contribution in [0.3, 0.4) is 0 Å². The highest BCUT2D eigenvalue weighted by molar-refractivity contribution is 9.11. The molecule has 0 saturated carbocycles. The molecule has 2 aromatic carbocycles. The van der Waals surface area contributed by atoms with Crippen molar-refractivity contribution in [2.24, 2.45) is 0 Å². The number of aliphatic carboxylic acids is 1. The Bertz CT molecular complexity index is 818. The second kappa shape index (κ2) is 8.40. The van der Waals surface area contributed by atoms with E-state index in [1.165, 1.54) is 6.92 Å². The second-order valence-corrected chi connectivity index (χ2v) is 7.22. The molecule has 0 bridgehead atoms. The first kappa shape index (κ1) is 19.3. The Labute approximate surface area is 161 Å². The van der Waals surface area contributed by atoms with Crippen molar-refractivity contribution >= 4 is 49.5 Å². The van der Waals surface area contributed by atoms with Gasteiger partial charge < -0.3 is 10.4 Å². The molecule has 7 heteroatoms. The number of carbonyl (C=O) groups is 3. The van der Waals surface area contributed by atoms with E-state index in [0.29, 0.717) is 21.2 Å². The zero-order chi connectivity index (χ0) is 18.6. The normalized spacial score (nSPS) is 11.6. The van der Waals surface area contributed by atoms with E-state index in [9.17, 15) is 14.4 Å². The van der Waals surface area contributed by atoms with Gasteiger partial charge >= 0.3 is 5.97 Å². The number of nitrogens with one attached hydrogen (secondary N) is 1. The molecule has 0 radical (unpaired) electrons. The Morgan fingerprint density at radius 2 is 1.72 bits per heavy atom. The van der Waals surface area contributed by atoms with Crippen molar-refractivity contribution in [3.63, 3.8) is 0 Å². The number of carboxylic acids is 1. The molecule has 0 heterocycles. The van der Waals surface area contributed by atoms with Crippen LogP contribution in [0.25, 0.3) is 0 Å². The fraction of sp³-hybridized carbons (Fsp3) is 0.167. The maximum atomic E-state index is 12.6. The Morgan fingerprint density at radius 1 is 1.08 bits per heavy atom. The smallest absolute Gasteiger partial charge is 0.326 e. The van der Waals surface area contributed by atoms with Crippen molar-refractivity contribution in [1.29, 1.82) is 0 Å². The zero-order valence-corrected chi connectivity index (χ0v) is 16.4. The van der Waals surface area contributed by atoms with Crippen LogP contribution in [0.2, 0.25) is 0 Å². The Balaban J connectivity index is 2.19. The summed E-state index contributed by atoms with van der Waals surface area (Å²) in [6, 6.07) is 11.0. The van der Waals surface area contributed by atoms with Crippen LogP contribution in [0.1, 0.15) is 28.4 Å². The largest absolute Gasteiger partial charge is 0.480 e. The molecule has 0 aliphatic heterocycles. The highest BCUT2D eigenvalue weighted by atomic mass is 79.9. The molecule has 2 N–H and O–H groups in total. The topological polar surface area (TPSA) is 83.5 Å². The minimum atomic E-state index is -1.10. The monoisotopic (exact) mass is 467 g/mol. The molecule has 0 spiro atoms. The van der Waals surface area contributed by atoms with Gasteiger partial charge in [0.05, 0.1) is 0 Å². The average molecular weight is 469 g/mol. The minimum Gasteiger partial charge on any atom is -0.480 e. The molecule has 0 aromatic heterocycles. The number of carboxylic acid groups (broad SMARTS) is 1. The van der Waals surface area contributed by atoms with Gasteiger partial charge in [-0.25, -0.2) is 4.79 Å². The first-order chi connectivity index (χ1) is 11.8. The molecule has 0 fully saturated rings. The van der Waals surface area contributed by atoms with Crippen LogP contribution in [0.15, 0.2) is 51.4 Å². The van der Waals surface area contributed by atoms with Gasteiger partial charge in [-0.1, -0.05) is 56.1 Å². The van der Waals surface area contributed by atoms with Crippen molar-refractivity contribution in [2.45, 2.75) is 19.4 Å². The molecule has 2 rings (SSSR count). The van der Waals surface area contributed by atoms with Gasteiger partial charge in [0.1, 0.15) is 6.04 Å². The molecule has 5 nitrogen and oxygen atoms in total. The third kappa shape index (κ3) is 5.24. The molecule has 0 saturated heterocycles. The van der Waals surface area contributed by atoms with Gasteiger partial charge in [-0.2, -0.15) is 0 Å². The Hall–Kier alpha value is -1.99. The number of amides is 1. The van der Waals surface area contributed by atoms with E-state index in [2.05, 4.69) is 37.2 Å². The standard InChI is InChI=1S/C18H15Br2NO4/c1-10(22)21-16(18(24)25)8-11-2-4-12(5-3-11)17(23)14-9-13(19)6-7-15(14)20/h2-7,9,16H,8H2,1H3,(H,21,22)(H,24,25)/t16-/m0/s1. The molecule has 0 unspecified atom stereocenters. The van der Waals surface area contributed by atoms with Gasteiger partial charge in [0.2, 0.25) is 5.91 Å². The van der Waals surface area contributed by atoms with Crippen molar-refractivity contribution in [1.82, 2.24) is 5.32 Å². The average Bonchev–Trinajstić information content (AvgIpc) is 2.56. The van der Waals surface area contributed by atoms with Crippen molar-refractivity contribution in [3.05, 3.63) is 68.1 Å². The Morgan fingerprint density at radius 3 is 2.28 bits per heavy atom. The maximum Gasteiger partial charge on any atom is 0.326 e. The number of ketones is 1. The van der Waals surface area contributed by atoms with Crippen LogP contribution in [0.5, 0.6) is 0 Å². The fourth-order valence-electron chi connectivity index (χ4n) is 2.30. The number of benzene rings is 2. The van der Waals surface area contributed by atoms with Crippen molar-refractivity contribution in [3.8, 4) is 0 Å². The molecule has 25 heavy (non-hydrogen) atoms. The van der Waals surface area contributed by atoms with Gasteiger partial charge in [0.25, 0.3) is 0 Å². The molecule has 0 aliphatic carbocycles. The van der Waals surface area contributed by atoms with Crippen molar-refractivity contribution in [2.75, 3.05) is 0 Å².